The van der Waals surface area contributed by atoms with Crippen molar-refractivity contribution in [3.63, 3.8) is 0 Å². The van der Waals surface area contributed by atoms with E-state index in [4.69, 9.17) is 10.5 Å². The Labute approximate surface area is 50.8 Å². The maximum absolute atomic E-state index is 7.32. The van der Waals surface area contributed by atoms with Crippen molar-refractivity contribution in [1.29, 1.82) is 10.5 Å². The van der Waals surface area contributed by atoms with E-state index in [2.05, 4.69) is 0 Å². The maximum Gasteiger partial charge on any atom is 0.0587 e. The van der Waals surface area contributed by atoms with Gasteiger partial charge in [0.1, 0.15) is 0 Å². The highest BCUT2D eigenvalue weighted by molar-refractivity contribution is 7.59. The lowest BCUT2D eigenvalue weighted by Crippen LogP contribution is -1.10. The first-order chi connectivity index (χ1) is 2.83. The lowest BCUT2D eigenvalue weighted by atomic mass is 11.0. The standard InChI is InChI=1S/2C2H3N.H2S/c2*1-2-3;/h2*1H3;1H2. The van der Waals surface area contributed by atoms with E-state index >= 15 is 0 Å². The van der Waals surface area contributed by atoms with Crippen LogP contribution in [-0.4, -0.2) is 0 Å². The zero-order valence-electron chi connectivity index (χ0n) is 4.39. The molecule has 0 rings (SSSR count). The first-order valence-corrected chi connectivity index (χ1v) is 1.45. The van der Waals surface area contributed by atoms with Gasteiger partial charge in [0.15, 0.2) is 0 Å². The summed E-state index contributed by atoms with van der Waals surface area (Å²) in [6.07, 6.45) is 0. The molecule has 0 aromatic rings. The second-order valence-corrected chi connectivity index (χ2v) is 0.447. The van der Waals surface area contributed by atoms with Crippen molar-refractivity contribution in [3.8, 4) is 12.1 Å². The third-order valence-corrected chi connectivity index (χ3v) is 0. The molecule has 0 aliphatic carbocycles. The predicted octanol–water partition coefficient (Wildman–Crippen LogP) is 1.17. The molecule has 0 aromatic heterocycles. The van der Waals surface area contributed by atoms with Crippen LogP contribution in [0.15, 0.2) is 0 Å². The molecular weight excluding hydrogens is 108 g/mol. The van der Waals surface area contributed by atoms with Crippen molar-refractivity contribution in [1.82, 2.24) is 0 Å². The van der Waals surface area contributed by atoms with Gasteiger partial charge in [0, 0.05) is 13.8 Å². The predicted molar refractivity (Wildman–Crippen MR) is 33.0 cm³/mol. The second kappa shape index (κ2) is 56.5. The SMILES string of the molecule is CC#N.CC#N.S. The lowest BCUT2D eigenvalue weighted by Gasteiger charge is -1.15. The van der Waals surface area contributed by atoms with Crippen molar-refractivity contribution in [2.45, 2.75) is 13.8 Å². The molecule has 0 amide bonds. The van der Waals surface area contributed by atoms with E-state index in [1.807, 2.05) is 0 Å². The van der Waals surface area contributed by atoms with Gasteiger partial charge >= 0.3 is 0 Å². The second-order valence-electron chi connectivity index (χ2n) is 0.447. The van der Waals surface area contributed by atoms with Gasteiger partial charge in [0.05, 0.1) is 12.1 Å². The van der Waals surface area contributed by atoms with E-state index in [9.17, 15) is 0 Å². The minimum absolute atomic E-state index is 0. The van der Waals surface area contributed by atoms with Crippen LogP contribution >= 0.6 is 13.5 Å². The van der Waals surface area contributed by atoms with Gasteiger partial charge in [0.2, 0.25) is 0 Å². The van der Waals surface area contributed by atoms with E-state index < -0.39 is 0 Å². The Balaban J connectivity index is -0.0000000400. The van der Waals surface area contributed by atoms with Crippen molar-refractivity contribution in [2.24, 2.45) is 0 Å². The Bertz CT molecular complexity index is 64.7. The van der Waals surface area contributed by atoms with Crippen LogP contribution in [0.25, 0.3) is 0 Å². The van der Waals surface area contributed by atoms with Crippen molar-refractivity contribution >= 4 is 13.5 Å². The lowest BCUT2D eigenvalue weighted by molar-refractivity contribution is 1.49. The van der Waals surface area contributed by atoms with Crippen LogP contribution in [0, 0.1) is 22.7 Å². The summed E-state index contributed by atoms with van der Waals surface area (Å²) in [7, 11) is 0. The summed E-state index contributed by atoms with van der Waals surface area (Å²) in [5.41, 5.74) is 0. The molecule has 2 nitrogen and oxygen atoms in total. The van der Waals surface area contributed by atoms with Gasteiger partial charge in [-0.2, -0.15) is 24.0 Å². The Hall–Kier alpha value is -0.670. The molecule has 0 aliphatic rings. The molecule has 0 atom stereocenters. The summed E-state index contributed by atoms with van der Waals surface area (Å²) in [4.78, 5) is 0. The third kappa shape index (κ3) is 132. The van der Waals surface area contributed by atoms with Crippen LogP contribution in [0.1, 0.15) is 13.8 Å². The zero-order valence-corrected chi connectivity index (χ0v) is 5.39. The van der Waals surface area contributed by atoms with Crippen LogP contribution in [0.4, 0.5) is 0 Å². The van der Waals surface area contributed by atoms with E-state index in [0.29, 0.717) is 0 Å². The smallest absolute Gasteiger partial charge is 0.0587 e. The third-order valence-electron chi connectivity index (χ3n) is 0. The van der Waals surface area contributed by atoms with Crippen LogP contribution in [0.5, 0.6) is 0 Å². The van der Waals surface area contributed by atoms with Crippen LogP contribution in [0.2, 0.25) is 0 Å². The molecule has 0 saturated carbocycles. The Kier molecular flexibility index (Phi) is 131. The molecule has 0 aliphatic heterocycles. The number of hydrogen-bond donors (Lipinski definition) is 0. The average Bonchev–Trinajstić information content (AvgIpc) is 1.39. The zero-order chi connectivity index (χ0) is 5.41. The number of hydrogen-bond acceptors (Lipinski definition) is 2. The fourth-order valence-corrected chi connectivity index (χ4v) is 0. The summed E-state index contributed by atoms with van der Waals surface area (Å²) in [5.74, 6) is 0. The van der Waals surface area contributed by atoms with Gasteiger partial charge in [-0.3, -0.25) is 0 Å². The fraction of sp³-hybridized carbons (Fsp3) is 0.500. The van der Waals surface area contributed by atoms with E-state index in [1.54, 1.807) is 12.1 Å². The van der Waals surface area contributed by atoms with Crippen LogP contribution in [0.3, 0.4) is 0 Å². The minimum Gasteiger partial charge on any atom is -0.199 e. The Morgan fingerprint density at radius 3 is 1.00 bits per heavy atom. The highest BCUT2D eigenvalue weighted by Gasteiger charge is 1.18. The molecule has 0 aromatic carbocycles. The summed E-state index contributed by atoms with van der Waals surface area (Å²) >= 11 is 0. The topological polar surface area (TPSA) is 47.6 Å². The van der Waals surface area contributed by atoms with Gasteiger partial charge in [-0.25, -0.2) is 0 Å². The van der Waals surface area contributed by atoms with Gasteiger partial charge in [-0.15, -0.1) is 0 Å². The summed E-state index contributed by atoms with van der Waals surface area (Å²) in [6.45, 7) is 2.86. The van der Waals surface area contributed by atoms with Crippen LogP contribution in [-0.2, 0) is 0 Å². The molecule has 7 heavy (non-hydrogen) atoms. The molecule has 0 fully saturated rings. The fourth-order valence-electron chi connectivity index (χ4n) is 0. The first kappa shape index (κ1) is 16.2. The first-order valence-electron chi connectivity index (χ1n) is 1.45. The average molecular weight is 116 g/mol. The Morgan fingerprint density at radius 1 is 1.00 bits per heavy atom. The maximum atomic E-state index is 7.32. The highest BCUT2D eigenvalue weighted by Crippen LogP contribution is 1.22. The van der Waals surface area contributed by atoms with Gasteiger partial charge in [-0.05, 0) is 0 Å². The minimum atomic E-state index is 0. The molecule has 0 heterocycles. The van der Waals surface area contributed by atoms with Crippen molar-refractivity contribution < 1.29 is 0 Å². The van der Waals surface area contributed by atoms with Crippen molar-refractivity contribution in [3.05, 3.63) is 0 Å². The highest BCUT2D eigenvalue weighted by atomic mass is 32.1. The van der Waals surface area contributed by atoms with E-state index in [0.717, 1.165) is 0 Å². The molecule has 3 heteroatoms. The molecule has 0 saturated heterocycles. The quantitative estimate of drug-likeness (QED) is 0.477. The van der Waals surface area contributed by atoms with Gasteiger partial charge in [0.25, 0.3) is 0 Å². The molecule has 0 radical (unpaired) electrons. The molecule has 0 bridgehead atoms. The summed E-state index contributed by atoms with van der Waals surface area (Å²) < 4.78 is 0. The van der Waals surface area contributed by atoms with E-state index in [1.165, 1.54) is 13.8 Å². The number of nitriles is 2. The van der Waals surface area contributed by atoms with Crippen molar-refractivity contribution in [2.75, 3.05) is 0 Å². The molecule has 0 N–H and O–H groups in total. The molecule has 40 valence electrons. The van der Waals surface area contributed by atoms with Gasteiger partial charge < -0.3 is 0 Å². The summed E-state index contributed by atoms with van der Waals surface area (Å²) in [6, 6.07) is 3.50. The molecular formula is C4H8N2S. The van der Waals surface area contributed by atoms with Gasteiger partial charge in [-0.1, -0.05) is 0 Å². The largest absolute Gasteiger partial charge is 0.199 e. The number of nitrogens with zero attached hydrogens (tertiary/aromatic N) is 2. The normalized spacial score (nSPS) is 2.29. The monoisotopic (exact) mass is 116 g/mol. The molecule has 0 spiro atoms. The molecule has 0 unspecified atom stereocenters. The number of rotatable bonds is 0. The Morgan fingerprint density at radius 2 is 1.00 bits per heavy atom. The van der Waals surface area contributed by atoms with Crippen LogP contribution < -0.4 is 0 Å². The summed E-state index contributed by atoms with van der Waals surface area (Å²) in [5, 5.41) is 14.6. The van der Waals surface area contributed by atoms with E-state index in [-0.39, 0.29) is 13.5 Å².